The Labute approximate surface area is 136 Å². The number of nitro benzene ring substituents is 1. The molecule has 0 spiro atoms. The third-order valence-electron chi connectivity index (χ3n) is 2.85. The molecule has 0 atom stereocenters. The molecule has 0 amide bonds. The average molecular weight is 367 g/mol. The Bertz CT molecular complexity index is 646. The van der Waals surface area contributed by atoms with Gasteiger partial charge in [-0.1, -0.05) is 15.9 Å². The van der Waals surface area contributed by atoms with Gasteiger partial charge in [0.05, 0.1) is 11.5 Å². The van der Waals surface area contributed by atoms with Crippen molar-refractivity contribution in [1.82, 2.24) is 0 Å². The van der Waals surface area contributed by atoms with Crippen LogP contribution in [0.15, 0.2) is 46.9 Å². The number of hydrogen-bond donors (Lipinski definition) is 1. The molecule has 0 aliphatic carbocycles. The lowest BCUT2D eigenvalue weighted by molar-refractivity contribution is -0.384. The molecule has 2 rings (SSSR count). The van der Waals surface area contributed by atoms with Gasteiger partial charge in [-0.05, 0) is 36.4 Å². The van der Waals surface area contributed by atoms with Crippen LogP contribution >= 0.6 is 15.9 Å². The van der Waals surface area contributed by atoms with Crippen LogP contribution in [0.3, 0.4) is 0 Å². The molecule has 7 heteroatoms. The van der Waals surface area contributed by atoms with Gasteiger partial charge in [-0.2, -0.15) is 0 Å². The normalized spacial score (nSPS) is 10.3. The monoisotopic (exact) mass is 366 g/mol. The number of anilines is 2. The van der Waals surface area contributed by atoms with Crippen LogP contribution in [-0.4, -0.2) is 25.2 Å². The molecule has 0 saturated carbocycles. The first-order chi connectivity index (χ1) is 10.6. The number of nitrogens with one attached hydrogen (secondary N) is 1. The lowest BCUT2D eigenvalue weighted by Gasteiger charge is -2.09. The molecular weight excluding hydrogens is 352 g/mol. The fraction of sp³-hybridized carbons (Fsp3) is 0.200. The van der Waals surface area contributed by atoms with E-state index in [1.54, 1.807) is 43.5 Å². The van der Waals surface area contributed by atoms with Gasteiger partial charge in [0.15, 0.2) is 0 Å². The molecule has 2 aromatic rings. The quantitative estimate of drug-likeness (QED) is 0.453. The predicted molar refractivity (Wildman–Crippen MR) is 87.9 cm³/mol. The van der Waals surface area contributed by atoms with E-state index in [0.29, 0.717) is 29.1 Å². The van der Waals surface area contributed by atoms with Gasteiger partial charge in [0.2, 0.25) is 0 Å². The molecule has 0 heterocycles. The summed E-state index contributed by atoms with van der Waals surface area (Å²) in [6, 6.07) is 12.1. The Morgan fingerprint density at radius 2 is 1.91 bits per heavy atom. The molecule has 0 fully saturated rings. The van der Waals surface area contributed by atoms with Crippen LogP contribution in [0.25, 0.3) is 0 Å². The minimum Gasteiger partial charge on any atom is -0.491 e. The summed E-state index contributed by atoms with van der Waals surface area (Å²) in [7, 11) is 1.61. The van der Waals surface area contributed by atoms with Crippen molar-refractivity contribution < 1.29 is 14.4 Å². The minimum absolute atomic E-state index is 0.00907. The smallest absolute Gasteiger partial charge is 0.293 e. The summed E-state index contributed by atoms with van der Waals surface area (Å²) in [4.78, 5) is 10.7. The predicted octanol–water partition coefficient (Wildman–Crippen LogP) is 4.13. The molecule has 0 bridgehead atoms. The number of nitrogens with zero attached hydrogens (tertiary/aromatic N) is 1. The van der Waals surface area contributed by atoms with E-state index in [-0.39, 0.29) is 5.69 Å². The van der Waals surface area contributed by atoms with Crippen molar-refractivity contribution >= 4 is 33.0 Å². The van der Waals surface area contributed by atoms with Crippen LogP contribution < -0.4 is 10.1 Å². The van der Waals surface area contributed by atoms with Gasteiger partial charge >= 0.3 is 0 Å². The SMILES string of the molecule is COCCOc1ccc(Nc2ccc(Br)cc2[N+](=O)[O-])cc1. The second kappa shape index (κ2) is 7.77. The van der Waals surface area contributed by atoms with Gasteiger partial charge in [0.1, 0.15) is 18.0 Å². The van der Waals surface area contributed by atoms with E-state index in [4.69, 9.17) is 9.47 Å². The van der Waals surface area contributed by atoms with Gasteiger partial charge in [-0.3, -0.25) is 10.1 Å². The van der Waals surface area contributed by atoms with Crippen LogP contribution in [0.4, 0.5) is 17.1 Å². The molecule has 6 nitrogen and oxygen atoms in total. The Balaban J connectivity index is 2.09. The van der Waals surface area contributed by atoms with Crippen molar-refractivity contribution in [1.29, 1.82) is 0 Å². The number of halogens is 1. The standard InChI is InChI=1S/C15H15BrN2O4/c1-21-8-9-22-13-5-3-12(4-6-13)17-14-7-2-11(16)10-15(14)18(19)20/h2-7,10,17H,8-9H2,1H3. The van der Waals surface area contributed by atoms with Gasteiger partial charge in [-0.15, -0.1) is 0 Å². The van der Waals surface area contributed by atoms with Crippen molar-refractivity contribution in [2.75, 3.05) is 25.6 Å². The number of rotatable bonds is 7. The maximum Gasteiger partial charge on any atom is 0.293 e. The highest BCUT2D eigenvalue weighted by molar-refractivity contribution is 9.10. The third-order valence-corrected chi connectivity index (χ3v) is 3.34. The van der Waals surface area contributed by atoms with Crippen LogP contribution in [0, 0.1) is 10.1 Å². The number of nitro groups is 1. The highest BCUT2D eigenvalue weighted by Crippen LogP contribution is 2.30. The van der Waals surface area contributed by atoms with Crippen LogP contribution in [-0.2, 0) is 4.74 Å². The van der Waals surface area contributed by atoms with Gasteiger partial charge in [0.25, 0.3) is 5.69 Å². The first-order valence-electron chi connectivity index (χ1n) is 6.53. The van der Waals surface area contributed by atoms with Gasteiger partial charge in [0, 0.05) is 23.3 Å². The minimum atomic E-state index is -0.421. The number of ether oxygens (including phenoxy) is 2. The van der Waals surface area contributed by atoms with Crippen LogP contribution in [0.2, 0.25) is 0 Å². The molecule has 2 aromatic carbocycles. The van der Waals surface area contributed by atoms with Crippen molar-refractivity contribution in [3.05, 3.63) is 57.1 Å². The van der Waals surface area contributed by atoms with E-state index < -0.39 is 4.92 Å². The fourth-order valence-electron chi connectivity index (χ4n) is 1.79. The summed E-state index contributed by atoms with van der Waals surface area (Å²) in [6.45, 7) is 0.993. The Morgan fingerprint density at radius 1 is 1.18 bits per heavy atom. The molecule has 0 saturated heterocycles. The van der Waals surface area contributed by atoms with E-state index in [0.717, 1.165) is 5.69 Å². The lowest BCUT2D eigenvalue weighted by Crippen LogP contribution is -2.04. The first-order valence-corrected chi connectivity index (χ1v) is 7.32. The summed E-state index contributed by atoms with van der Waals surface area (Å²) < 4.78 is 11.0. The first kappa shape index (κ1) is 16.3. The second-order valence-corrected chi connectivity index (χ2v) is 5.32. The summed E-state index contributed by atoms with van der Waals surface area (Å²) in [6.07, 6.45) is 0. The Hall–Kier alpha value is -2.12. The summed E-state index contributed by atoms with van der Waals surface area (Å²) >= 11 is 3.23. The molecule has 0 aromatic heterocycles. The van der Waals surface area contributed by atoms with Crippen molar-refractivity contribution in [3.63, 3.8) is 0 Å². The van der Waals surface area contributed by atoms with Crippen molar-refractivity contribution in [2.45, 2.75) is 0 Å². The van der Waals surface area contributed by atoms with E-state index in [2.05, 4.69) is 21.2 Å². The second-order valence-electron chi connectivity index (χ2n) is 4.41. The van der Waals surface area contributed by atoms with E-state index in [1.165, 1.54) is 6.07 Å². The molecule has 0 aliphatic heterocycles. The average Bonchev–Trinajstić information content (AvgIpc) is 2.51. The van der Waals surface area contributed by atoms with Crippen molar-refractivity contribution in [3.8, 4) is 5.75 Å². The summed E-state index contributed by atoms with van der Waals surface area (Å²) in [5.74, 6) is 0.716. The maximum atomic E-state index is 11.1. The number of hydrogen-bond acceptors (Lipinski definition) is 5. The van der Waals surface area contributed by atoms with Gasteiger partial charge in [-0.25, -0.2) is 0 Å². The molecule has 22 heavy (non-hydrogen) atoms. The highest BCUT2D eigenvalue weighted by Gasteiger charge is 2.14. The topological polar surface area (TPSA) is 73.6 Å². The molecule has 1 N–H and O–H groups in total. The van der Waals surface area contributed by atoms with E-state index >= 15 is 0 Å². The summed E-state index contributed by atoms with van der Waals surface area (Å²) in [5, 5.41) is 14.1. The summed E-state index contributed by atoms with van der Waals surface area (Å²) in [5.41, 5.74) is 1.18. The van der Waals surface area contributed by atoms with Crippen molar-refractivity contribution in [2.24, 2.45) is 0 Å². The molecule has 116 valence electrons. The fourth-order valence-corrected chi connectivity index (χ4v) is 2.14. The molecular formula is C15H15BrN2O4. The maximum absolute atomic E-state index is 11.1. The van der Waals surface area contributed by atoms with Gasteiger partial charge < -0.3 is 14.8 Å². The molecule has 0 radical (unpaired) electrons. The largest absolute Gasteiger partial charge is 0.491 e. The van der Waals surface area contributed by atoms with E-state index in [9.17, 15) is 10.1 Å². The van der Waals surface area contributed by atoms with E-state index in [1.807, 2.05) is 0 Å². The zero-order valence-corrected chi connectivity index (χ0v) is 13.5. The zero-order valence-electron chi connectivity index (χ0n) is 11.9. The number of methoxy groups -OCH3 is 1. The van der Waals surface area contributed by atoms with Crippen LogP contribution in [0.1, 0.15) is 0 Å². The lowest BCUT2D eigenvalue weighted by atomic mass is 10.2. The third kappa shape index (κ3) is 4.44. The number of benzene rings is 2. The molecule has 0 aliphatic rings. The highest BCUT2D eigenvalue weighted by atomic mass is 79.9. The molecule has 0 unspecified atom stereocenters. The zero-order chi connectivity index (χ0) is 15.9. The Morgan fingerprint density at radius 3 is 2.55 bits per heavy atom. The Kier molecular flexibility index (Phi) is 5.74. The van der Waals surface area contributed by atoms with Crippen LogP contribution in [0.5, 0.6) is 5.75 Å².